The maximum absolute atomic E-state index is 12.0. The number of hydrogen-bond donors (Lipinski definition) is 2. The molecule has 6 nitrogen and oxygen atoms in total. The molecule has 0 spiro atoms. The van der Waals surface area contributed by atoms with Gasteiger partial charge in [-0.25, -0.2) is 4.98 Å². The lowest BCUT2D eigenvalue weighted by Gasteiger charge is -2.33. The maximum atomic E-state index is 12.0. The highest BCUT2D eigenvalue weighted by molar-refractivity contribution is 5.97. The van der Waals surface area contributed by atoms with Crippen molar-refractivity contribution in [2.24, 2.45) is 0 Å². The predicted molar refractivity (Wildman–Crippen MR) is 89.3 cm³/mol. The number of imidazole rings is 1. The van der Waals surface area contributed by atoms with Gasteiger partial charge in [-0.2, -0.15) is 0 Å². The number of amides is 1. The molecule has 0 aliphatic carbocycles. The predicted octanol–water partition coefficient (Wildman–Crippen LogP) is 1.37. The van der Waals surface area contributed by atoms with E-state index in [-0.39, 0.29) is 18.6 Å². The number of aliphatic hydroxyl groups is 1. The number of nitrogens with zero attached hydrogens (tertiary/aromatic N) is 3. The first kappa shape index (κ1) is 16.0. The zero-order valence-electron chi connectivity index (χ0n) is 13.7. The Balaban J connectivity index is 1.90. The SMILES string of the molecule is CCNC(=O)c1ccc2c(c1)nc1n2CCN(C(CC)CO)C1. The topological polar surface area (TPSA) is 70.4 Å². The molecule has 0 radical (unpaired) electrons. The maximum Gasteiger partial charge on any atom is 0.251 e. The number of nitrogens with one attached hydrogen (secondary N) is 1. The number of benzene rings is 1. The lowest BCUT2D eigenvalue weighted by Crippen LogP contribution is -2.42. The van der Waals surface area contributed by atoms with Gasteiger partial charge >= 0.3 is 0 Å². The van der Waals surface area contributed by atoms with Crippen molar-refractivity contribution < 1.29 is 9.90 Å². The van der Waals surface area contributed by atoms with E-state index in [0.717, 1.165) is 42.9 Å². The third-order valence-electron chi connectivity index (χ3n) is 4.58. The Morgan fingerprint density at radius 3 is 2.91 bits per heavy atom. The highest BCUT2D eigenvalue weighted by atomic mass is 16.3. The molecule has 2 aromatic rings. The first-order chi connectivity index (χ1) is 11.2. The normalized spacial score (nSPS) is 16.3. The van der Waals surface area contributed by atoms with Crippen LogP contribution in [0.5, 0.6) is 0 Å². The number of carbonyl (C=O) groups is 1. The highest BCUT2D eigenvalue weighted by Crippen LogP contribution is 2.23. The molecule has 1 unspecified atom stereocenters. The fourth-order valence-corrected chi connectivity index (χ4v) is 3.26. The molecule has 0 saturated carbocycles. The molecule has 6 heteroatoms. The molecular formula is C17H24N4O2. The molecule has 124 valence electrons. The van der Waals surface area contributed by atoms with Gasteiger partial charge in [-0.05, 0) is 31.5 Å². The van der Waals surface area contributed by atoms with Crippen LogP contribution in [0.3, 0.4) is 0 Å². The highest BCUT2D eigenvalue weighted by Gasteiger charge is 2.24. The van der Waals surface area contributed by atoms with Crippen molar-refractivity contribution in [3.63, 3.8) is 0 Å². The Hall–Kier alpha value is -1.92. The molecule has 0 saturated heterocycles. The fourth-order valence-electron chi connectivity index (χ4n) is 3.26. The van der Waals surface area contributed by atoms with Gasteiger partial charge in [0, 0.05) is 31.2 Å². The number of rotatable bonds is 5. The van der Waals surface area contributed by atoms with Crippen LogP contribution in [0.15, 0.2) is 18.2 Å². The molecule has 2 N–H and O–H groups in total. The third kappa shape index (κ3) is 2.96. The van der Waals surface area contributed by atoms with Gasteiger partial charge in [-0.1, -0.05) is 6.92 Å². The number of hydrogen-bond acceptors (Lipinski definition) is 4. The van der Waals surface area contributed by atoms with Crippen LogP contribution in [0.1, 0.15) is 36.5 Å². The van der Waals surface area contributed by atoms with Gasteiger partial charge in [-0.3, -0.25) is 9.69 Å². The average Bonchev–Trinajstić information content (AvgIpc) is 2.93. The van der Waals surface area contributed by atoms with Crippen LogP contribution in [-0.2, 0) is 13.1 Å². The van der Waals surface area contributed by atoms with Gasteiger partial charge in [-0.15, -0.1) is 0 Å². The van der Waals surface area contributed by atoms with E-state index >= 15 is 0 Å². The van der Waals surface area contributed by atoms with Crippen molar-refractivity contribution in [1.29, 1.82) is 0 Å². The summed E-state index contributed by atoms with van der Waals surface area (Å²) in [6.45, 7) is 7.31. The van der Waals surface area contributed by atoms with E-state index in [1.807, 2.05) is 25.1 Å². The summed E-state index contributed by atoms with van der Waals surface area (Å²) in [5, 5.41) is 12.3. The van der Waals surface area contributed by atoms with E-state index in [9.17, 15) is 9.90 Å². The number of fused-ring (bicyclic) bond motifs is 3. The Labute approximate surface area is 136 Å². The van der Waals surface area contributed by atoms with E-state index in [2.05, 4.69) is 21.7 Å². The van der Waals surface area contributed by atoms with E-state index in [1.165, 1.54) is 0 Å². The standard InChI is InChI=1S/C17H24N4O2/c1-3-13(11-22)20-7-8-21-15-6-5-12(17(23)18-4-2)9-14(15)19-16(21)10-20/h5-6,9,13,22H,3-4,7-8,10-11H2,1-2H3,(H,18,23). The first-order valence-corrected chi connectivity index (χ1v) is 8.30. The van der Waals surface area contributed by atoms with Crippen molar-refractivity contribution >= 4 is 16.9 Å². The number of aromatic nitrogens is 2. The summed E-state index contributed by atoms with van der Waals surface area (Å²) in [6, 6.07) is 5.89. The minimum Gasteiger partial charge on any atom is -0.395 e. The van der Waals surface area contributed by atoms with Crippen LogP contribution in [0.4, 0.5) is 0 Å². The van der Waals surface area contributed by atoms with Crippen LogP contribution >= 0.6 is 0 Å². The van der Waals surface area contributed by atoms with Crippen LogP contribution in [-0.4, -0.2) is 51.2 Å². The van der Waals surface area contributed by atoms with Crippen LogP contribution in [0, 0.1) is 0 Å². The summed E-state index contributed by atoms with van der Waals surface area (Å²) in [4.78, 5) is 19.0. The average molecular weight is 316 g/mol. The lowest BCUT2D eigenvalue weighted by molar-refractivity contribution is 0.0945. The van der Waals surface area contributed by atoms with E-state index < -0.39 is 0 Å². The molecule has 1 aromatic carbocycles. The minimum atomic E-state index is -0.0617. The Morgan fingerprint density at radius 2 is 2.22 bits per heavy atom. The molecule has 3 rings (SSSR count). The van der Waals surface area contributed by atoms with E-state index in [4.69, 9.17) is 4.98 Å². The lowest BCUT2D eigenvalue weighted by atomic mass is 10.1. The quantitative estimate of drug-likeness (QED) is 0.874. The summed E-state index contributed by atoms with van der Waals surface area (Å²) < 4.78 is 2.22. The zero-order chi connectivity index (χ0) is 16.4. The van der Waals surface area contributed by atoms with Gasteiger partial charge in [0.25, 0.3) is 5.91 Å². The Morgan fingerprint density at radius 1 is 1.39 bits per heavy atom. The number of carbonyl (C=O) groups excluding carboxylic acids is 1. The summed E-state index contributed by atoms with van der Waals surface area (Å²) in [6.07, 6.45) is 0.929. The van der Waals surface area contributed by atoms with E-state index in [1.54, 1.807) is 0 Å². The molecule has 1 atom stereocenters. The third-order valence-corrected chi connectivity index (χ3v) is 4.58. The van der Waals surface area contributed by atoms with Gasteiger partial charge in [0.15, 0.2) is 0 Å². The second-order valence-corrected chi connectivity index (χ2v) is 5.96. The van der Waals surface area contributed by atoms with Gasteiger partial charge in [0.05, 0.1) is 24.2 Å². The molecule has 1 aliphatic rings. The van der Waals surface area contributed by atoms with E-state index in [0.29, 0.717) is 12.1 Å². The minimum absolute atomic E-state index is 0.0617. The fraction of sp³-hybridized carbons (Fsp3) is 0.529. The summed E-state index contributed by atoms with van der Waals surface area (Å²) in [5.41, 5.74) is 2.58. The molecule has 1 aromatic heterocycles. The van der Waals surface area contributed by atoms with Gasteiger partial charge < -0.3 is 15.0 Å². The molecule has 2 heterocycles. The monoisotopic (exact) mass is 316 g/mol. The van der Waals surface area contributed by atoms with Crippen LogP contribution < -0.4 is 5.32 Å². The summed E-state index contributed by atoms with van der Waals surface area (Å²) >= 11 is 0. The second kappa shape index (κ2) is 6.68. The largest absolute Gasteiger partial charge is 0.395 e. The molecule has 23 heavy (non-hydrogen) atoms. The van der Waals surface area contributed by atoms with Crippen molar-refractivity contribution in [3.8, 4) is 0 Å². The first-order valence-electron chi connectivity index (χ1n) is 8.30. The molecule has 0 fully saturated rings. The number of aliphatic hydroxyl groups excluding tert-OH is 1. The second-order valence-electron chi connectivity index (χ2n) is 5.96. The van der Waals surface area contributed by atoms with Crippen LogP contribution in [0.25, 0.3) is 11.0 Å². The zero-order valence-corrected chi connectivity index (χ0v) is 13.7. The van der Waals surface area contributed by atoms with Gasteiger partial charge in [0.2, 0.25) is 0 Å². The van der Waals surface area contributed by atoms with Crippen LogP contribution in [0.2, 0.25) is 0 Å². The molecule has 1 amide bonds. The molecule has 1 aliphatic heterocycles. The molecular weight excluding hydrogens is 292 g/mol. The molecule has 0 bridgehead atoms. The van der Waals surface area contributed by atoms with Crippen molar-refractivity contribution in [1.82, 2.24) is 19.8 Å². The van der Waals surface area contributed by atoms with Crippen molar-refractivity contribution in [2.75, 3.05) is 19.7 Å². The van der Waals surface area contributed by atoms with Crippen molar-refractivity contribution in [3.05, 3.63) is 29.6 Å². The van der Waals surface area contributed by atoms with Crippen molar-refractivity contribution in [2.45, 2.75) is 39.4 Å². The Kier molecular flexibility index (Phi) is 4.63. The van der Waals surface area contributed by atoms with Gasteiger partial charge in [0.1, 0.15) is 5.82 Å². The smallest absolute Gasteiger partial charge is 0.251 e. The Bertz CT molecular complexity index is 706. The summed E-state index contributed by atoms with van der Waals surface area (Å²) in [5.74, 6) is 0.944. The summed E-state index contributed by atoms with van der Waals surface area (Å²) in [7, 11) is 0.